The van der Waals surface area contributed by atoms with Gasteiger partial charge in [-0.25, -0.2) is 0 Å². The molecule has 7 heteroatoms. The number of amides is 2. The summed E-state index contributed by atoms with van der Waals surface area (Å²) in [4.78, 5) is 24.3. The van der Waals surface area contributed by atoms with E-state index in [1.165, 1.54) is 14.2 Å². The van der Waals surface area contributed by atoms with Gasteiger partial charge < -0.3 is 20.1 Å². The Balaban J connectivity index is 2.31. The Kier molecular flexibility index (Phi) is 5.96. The number of para-hydroxylation sites is 2. The van der Waals surface area contributed by atoms with Crippen LogP contribution in [0.5, 0.6) is 11.5 Å². The Bertz CT molecular complexity index is 805. The Hall–Kier alpha value is -3.53. The molecule has 2 N–H and O–H groups in total. The van der Waals surface area contributed by atoms with Crippen LogP contribution in [0.3, 0.4) is 0 Å². The van der Waals surface area contributed by atoms with Gasteiger partial charge in [-0.15, -0.1) is 0 Å². The van der Waals surface area contributed by atoms with Crippen LogP contribution in [-0.4, -0.2) is 26.0 Å². The third-order valence-corrected chi connectivity index (χ3v) is 3.34. The van der Waals surface area contributed by atoms with Gasteiger partial charge in [0.1, 0.15) is 23.5 Å². The van der Waals surface area contributed by atoms with Crippen LogP contribution in [0.25, 0.3) is 0 Å². The van der Waals surface area contributed by atoms with E-state index in [1.54, 1.807) is 48.5 Å². The molecule has 2 aromatic carbocycles. The minimum absolute atomic E-state index is 0.241. The molecule has 0 atom stereocenters. The van der Waals surface area contributed by atoms with Crippen molar-refractivity contribution in [1.29, 1.82) is 5.26 Å². The predicted octanol–water partition coefficient (Wildman–Crippen LogP) is 2.81. The summed E-state index contributed by atoms with van der Waals surface area (Å²) in [6.07, 6.45) is -0.275. The van der Waals surface area contributed by atoms with E-state index < -0.39 is 11.8 Å². The van der Waals surface area contributed by atoms with Crippen LogP contribution in [0, 0.1) is 11.3 Å². The Morgan fingerprint density at radius 3 is 2.04 bits per heavy atom. The molecule has 0 heterocycles. The second-order valence-electron chi connectivity index (χ2n) is 4.92. The summed E-state index contributed by atoms with van der Waals surface area (Å²) in [5, 5.41) is 13.9. The van der Waals surface area contributed by atoms with Gasteiger partial charge in [0.15, 0.2) is 0 Å². The number of anilines is 2. The van der Waals surface area contributed by atoms with Gasteiger partial charge in [0.2, 0.25) is 5.91 Å². The molecule has 0 saturated heterocycles. The number of methoxy groups -OCH3 is 2. The van der Waals surface area contributed by atoms with Crippen LogP contribution in [-0.2, 0) is 4.79 Å². The monoisotopic (exact) mass is 339 g/mol. The molecular weight excluding hydrogens is 322 g/mol. The molecule has 0 fully saturated rings. The number of nitriles is 1. The van der Waals surface area contributed by atoms with Gasteiger partial charge in [0.05, 0.1) is 31.7 Å². The maximum absolute atomic E-state index is 12.7. The van der Waals surface area contributed by atoms with E-state index in [1.807, 2.05) is 0 Å². The fourth-order valence-electron chi connectivity index (χ4n) is 2.23. The lowest BCUT2D eigenvalue weighted by molar-refractivity contribution is -0.115. The topological polar surface area (TPSA) is 100 Å². The first-order valence-corrected chi connectivity index (χ1v) is 7.39. The van der Waals surface area contributed by atoms with Crippen molar-refractivity contribution in [3.8, 4) is 17.6 Å². The molecule has 2 rings (SSSR count). The highest BCUT2D eigenvalue weighted by Crippen LogP contribution is 2.30. The minimum Gasteiger partial charge on any atom is -0.496 e. The quantitative estimate of drug-likeness (QED) is 0.843. The molecule has 0 bridgehead atoms. The second kappa shape index (κ2) is 8.36. The zero-order chi connectivity index (χ0) is 18.2. The maximum atomic E-state index is 12.7. The van der Waals surface area contributed by atoms with Crippen molar-refractivity contribution in [2.45, 2.75) is 6.42 Å². The minimum atomic E-state index is -0.459. The lowest BCUT2D eigenvalue weighted by atomic mass is 10.1. The van der Waals surface area contributed by atoms with Crippen LogP contribution in [0.4, 0.5) is 11.4 Å². The summed E-state index contributed by atoms with van der Waals surface area (Å²) in [6.45, 7) is 0. The molecule has 0 aliphatic heterocycles. The first kappa shape index (κ1) is 17.8. The Morgan fingerprint density at radius 2 is 1.52 bits per heavy atom. The van der Waals surface area contributed by atoms with Gasteiger partial charge in [-0.3, -0.25) is 9.59 Å². The van der Waals surface area contributed by atoms with Gasteiger partial charge >= 0.3 is 0 Å². The number of nitrogens with zero attached hydrogens (tertiary/aromatic N) is 1. The number of carbonyl (C=O) groups excluding carboxylic acids is 2. The van der Waals surface area contributed by atoms with Crippen LogP contribution >= 0.6 is 0 Å². The van der Waals surface area contributed by atoms with Crippen molar-refractivity contribution in [2.24, 2.45) is 0 Å². The van der Waals surface area contributed by atoms with Gasteiger partial charge in [-0.2, -0.15) is 5.26 Å². The van der Waals surface area contributed by atoms with E-state index in [0.717, 1.165) is 0 Å². The first-order chi connectivity index (χ1) is 12.1. The number of hydrogen-bond donors (Lipinski definition) is 2. The molecule has 0 unspecified atom stereocenters. The Morgan fingerprint density at radius 1 is 0.960 bits per heavy atom. The molecular formula is C18H17N3O4. The molecule has 2 amide bonds. The molecule has 25 heavy (non-hydrogen) atoms. The molecule has 0 radical (unpaired) electrons. The van der Waals surface area contributed by atoms with E-state index >= 15 is 0 Å². The summed E-state index contributed by atoms with van der Waals surface area (Å²) >= 11 is 0. The van der Waals surface area contributed by atoms with Crippen molar-refractivity contribution in [3.63, 3.8) is 0 Å². The highest BCUT2D eigenvalue weighted by Gasteiger charge is 2.19. The molecule has 0 aliphatic rings. The number of benzene rings is 2. The van der Waals surface area contributed by atoms with Crippen molar-refractivity contribution in [3.05, 3.63) is 48.0 Å². The normalized spacial score (nSPS) is 9.64. The van der Waals surface area contributed by atoms with Crippen molar-refractivity contribution in [2.75, 3.05) is 24.9 Å². The standard InChI is InChI=1S/C18H17N3O4/c1-24-14-8-5-9-15(25-2)17(14)18(23)21-13-7-4-3-6-12(13)20-16(22)10-11-19/h3-9H,10H2,1-2H3,(H,20,22)(H,21,23). The number of hydrogen-bond acceptors (Lipinski definition) is 5. The van der Waals surface area contributed by atoms with E-state index in [-0.39, 0.29) is 12.0 Å². The largest absolute Gasteiger partial charge is 0.496 e. The summed E-state index contributed by atoms with van der Waals surface area (Å²) in [5.74, 6) is -0.180. The molecule has 0 spiro atoms. The SMILES string of the molecule is COc1cccc(OC)c1C(=O)Nc1ccccc1NC(=O)CC#N. The average Bonchev–Trinajstić information content (AvgIpc) is 2.62. The zero-order valence-electron chi connectivity index (χ0n) is 13.8. The summed E-state index contributed by atoms with van der Waals surface area (Å²) in [7, 11) is 2.92. The number of carbonyl (C=O) groups is 2. The van der Waals surface area contributed by atoms with Crippen LogP contribution in [0.15, 0.2) is 42.5 Å². The van der Waals surface area contributed by atoms with E-state index in [9.17, 15) is 9.59 Å². The number of ether oxygens (including phenoxy) is 2. The van der Waals surface area contributed by atoms with E-state index in [0.29, 0.717) is 22.9 Å². The number of nitrogens with one attached hydrogen (secondary N) is 2. The van der Waals surface area contributed by atoms with E-state index in [2.05, 4.69) is 10.6 Å². The molecule has 0 aromatic heterocycles. The van der Waals surface area contributed by atoms with Crippen molar-refractivity contribution < 1.29 is 19.1 Å². The fraction of sp³-hybridized carbons (Fsp3) is 0.167. The highest BCUT2D eigenvalue weighted by molar-refractivity contribution is 6.10. The lowest BCUT2D eigenvalue weighted by Crippen LogP contribution is -2.17. The third kappa shape index (κ3) is 4.26. The Labute approximate surface area is 145 Å². The van der Waals surface area contributed by atoms with Gasteiger partial charge in [0, 0.05) is 0 Å². The average molecular weight is 339 g/mol. The van der Waals surface area contributed by atoms with E-state index in [4.69, 9.17) is 14.7 Å². The fourth-order valence-corrected chi connectivity index (χ4v) is 2.23. The molecule has 128 valence electrons. The lowest BCUT2D eigenvalue weighted by Gasteiger charge is -2.15. The maximum Gasteiger partial charge on any atom is 0.263 e. The van der Waals surface area contributed by atoms with Crippen molar-refractivity contribution in [1.82, 2.24) is 0 Å². The van der Waals surface area contributed by atoms with Crippen LogP contribution < -0.4 is 20.1 Å². The van der Waals surface area contributed by atoms with Gasteiger partial charge in [0.25, 0.3) is 5.91 Å². The zero-order valence-corrected chi connectivity index (χ0v) is 13.8. The van der Waals surface area contributed by atoms with Gasteiger partial charge in [-0.1, -0.05) is 18.2 Å². The summed E-state index contributed by atoms with van der Waals surface area (Å²) in [6, 6.07) is 13.5. The molecule has 0 aliphatic carbocycles. The van der Waals surface area contributed by atoms with Crippen LogP contribution in [0.2, 0.25) is 0 Å². The second-order valence-corrected chi connectivity index (χ2v) is 4.92. The molecule has 7 nitrogen and oxygen atoms in total. The molecule has 2 aromatic rings. The smallest absolute Gasteiger partial charge is 0.263 e. The van der Waals surface area contributed by atoms with Gasteiger partial charge in [-0.05, 0) is 24.3 Å². The highest BCUT2D eigenvalue weighted by atomic mass is 16.5. The van der Waals surface area contributed by atoms with Crippen molar-refractivity contribution >= 4 is 23.2 Å². The number of rotatable bonds is 6. The first-order valence-electron chi connectivity index (χ1n) is 7.39. The third-order valence-electron chi connectivity index (χ3n) is 3.34. The summed E-state index contributed by atoms with van der Waals surface area (Å²) in [5.41, 5.74) is 1.03. The molecule has 0 saturated carbocycles. The predicted molar refractivity (Wildman–Crippen MR) is 92.8 cm³/mol. The summed E-state index contributed by atoms with van der Waals surface area (Å²) < 4.78 is 10.5. The van der Waals surface area contributed by atoms with Crippen LogP contribution in [0.1, 0.15) is 16.8 Å².